The summed E-state index contributed by atoms with van der Waals surface area (Å²) in [6.45, 7) is 0. The van der Waals surface area contributed by atoms with Crippen LogP contribution in [0.5, 0.6) is 0 Å². The van der Waals surface area contributed by atoms with Crippen molar-refractivity contribution in [3.8, 4) is 0 Å². The first-order valence-electron chi connectivity index (χ1n) is 6.48. The highest BCUT2D eigenvalue weighted by Gasteiger charge is 2.21. The third-order valence-corrected chi connectivity index (χ3v) is 3.96. The fraction of sp³-hybridized carbons (Fsp3) is 0.357. The fourth-order valence-electron chi connectivity index (χ4n) is 2.87. The molecule has 2 aromatic rings. The molecule has 0 fully saturated rings. The Morgan fingerprint density at radius 1 is 1.45 bits per heavy atom. The van der Waals surface area contributed by atoms with E-state index in [4.69, 9.17) is 5.21 Å². The third kappa shape index (κ3) is 2.46. The molecular formula is C14H18BrN3O2. The van der Waals surface area contributed by atoms with Crippen LogP contribution in [-0.4, -0.2) is 29.2 Å². The van der Waals surface area contributed by atoms with E-state index in [1.807, 2.05) is 19.2 Å². The minimum Gasteiger partial charge on any atom is -0.358 e. The number of amides is 1. The molecule has 0 radical (unpaired) electrons. The second kappa shape index (κ2) is 5.95. The molecule has 1 aliphatic carbocycles. The Balaban J connectivity index is 0.00000147. The predicted octanol–water partition coefficient (Wildman–Crippen LogP) is 1.94. The van der Waals surface area contributed by atoms with Crippen molar-refractivity contribution in [1.82, 2.24) is 15.8 Å². The summed E-state index contributed by atoms with van der Waals surface area (Å²) >= 11 is 0. The van der Waals surface area contributed by atoms with Crippen LogP contribution >= 0.6 is 17.0 Å². The Morgan fingerprint density at radius 2 is 2.25 bits per heavy atom. The molecule has 1 heterocycles. The summed E-state index contributed by atoms with van der Waals surface area (Å²) in [6.07, 6.45) is 3.12. The van der Waals surface area contributed by atoms with Crippen molar-refractivity contribution in [1.29, 1.82) is 0 Å². The van der Waals surface area contributed by atoms with Gasteiger partial charge >= 0.3 is 0 Å². The Kier molecular flexibility index (Phi) is 4.47. The highest BCUT2D eigenvalue weighted by molar-refractivity contribution is 8.93. The molecule has 4 N–H and O–H groups in total. The van der Waals surface area contributed by atoms with Gasteiger partial charge in [0.2, 0.25) is 0 Å². The number of rotatable bonds is 2. The number of hydroxylamine groups is 1. The van der Waals surface area contributed by atoms with Gasteiger partial charge in [0, 0.05) is 28.2 Å². The Hall–Kier alpha value is -1.37. The SMILES string of the molecule is Br.CNC1CCc2[nH]c3ccc(C(=O)NO)cc3c2C1. The Labute approximate surface area is 127 Å². The van der Waals surface area contributed by atoms with Crippen molar-refractivity contribution in [3.63, 3.8) is 0 Å². The molecule has 0 saturated heterocycles. The number of carbonyl (C=O) groups is 1. The van der Waals surface area contributed by atoms with Crippen LogP contribution < -0.4 is 10.8 Å². The van der Waals surface area contributed by atoms with Gasteiger partial charge in [-0.3, -0.25) is 10.0 Å². The summed E-state index contributed by atoms with van der Waals surface area (Å²) in [5.74, 6) is -0.474. The smallest absolute Gasteiger partial charge is 0.274 e. The van der Waals surface area contributed by atoms with Crippen molar-refractivity contribution in [2.75, 3.05) is 7.05 Å². The van der Waals surface area contributed by atoms with Crippen LogP contribution in [0.25, 0.3) is 10.9 Å². The lowest BCUT2D eigenvalue weighted by Crippen LogP contribution is -2.31. The largest absolute Gasteiger partial charge is 0.358 e. The number of halogens is 1. The summed E-state index contributed by atoms with van der Waals surface area (Å²) in [7, 11) is 1.98. The van der Waals surface area contributed by atoms with E-state index in [-0.39, 0.29) is 17.0 Å². The Bertz CT molecular complexity index is 639. The second-order valence-electron chi connectivity index (χ2n) is 5.01. The highest BCUT2D eigenvalue weighted by atomic mass is 79.9. The van der Waals surface area contributed by atoms with Crippen LogP contribution in [0.1, 0.15) is 28.0 Å². The molecule has 1 aliphatic rings. The number of H-pyrrole nitrogens is 1. The van der Waals surface area contributed by atoms with Crippen LogP contribution in [0.3, 0.4) is 0 Å². The summed E-state index contributed by atoms with van der Waals surface area (Å²) < 4.78 is 0. The predicted molar refractivity (Wildman–Crippen MR) is 82.7 cm³/mol. The monoisotopic (exact) mass is 339 g/mol. The van der Waals surface area contributed by atoms with Gasteiger partial charge < -0.3 is 10.3 Å². The standard InChI is InChI=1S/C14H17N3O2.BrH/c1-15-9-3-5-13-11(7-9)10-6-8(14(18)17-19)2-4-12(10)16-13;/h2,4,6,9,15-16,19H,3,5,7H2,1H3,(H,17,18);1H. The van der Waals surface area contributed by atoms with Crippen LogP contribution in [-0.2, 0) is 12.8 Å². The molecule has 0 saturated carbocycles. The van der Waals surface area contributed by atoms with Gasteiger partial charge in [-0.05, 0) is 50.1 Å². The van der Waals surface area contributed by atoms with E-state index in [0.29, 0.717) is 11.6 Å². The van der Waals surface area contributed by atoms with Crippen LogP contribution in [0.15, 0.2) is 18.2 Å². The van der Waals surface area contributed by atoms with Crippen LogP contribution in [0, 0.1) is 0 Å². The number of hydrogen-bond acceptors (Lipinski definition) is 3. The van der Waals surface area contributed by atoms with E-state index in [2.05, 4.69) is 10.3 Å². The van der Waals surface area contributed by atoms with Gasteiger partial charge in [-0.15, -0.1) is 17.0 Å². The van der Waals surface area contributed by atoms with Crippen molar-refractivity contribution in [3.05, 3.63) is 35.0 Å². The lowest BCUT2D eigenvalue weighted by atomic mass is 9.91. The van der Waals surface area contributed by atoms with E-state index in [0.717, 1.165) is 30.2 Å². The molecule has 1 atom stereocenters. The minimum atomic E-state index is -0.474. The number of aryl methyl sites for hydroxylation is 1. The number of likely N-dealkylation sites (N-methyl/N-ethyl adjacent to an activating group) is 1. The zero-order valence-electron chi connectivity index (χ0n) is 11.2. The maximum absolute atomic E-state index is 11.5. The number of benzene rings is 1. The Morgan fingerprint density at radius 3 is 2.95 bits per heavy atom. The highest BCUT2D eigenvalue weighted by Crippen LogP contribution is 2.29. The van der Waals surface area contributed by atoms with E-state index < -0.39 is 5.91 Å². The molecule has 1 aromatic heterocycles. The quantitative estimate of drug-likeness (QED) is 0.498. The average molecular weight is 340 g/mol. The van der Waals surface area contributed by atoms with Gasteiger partial charge in [0.15, 0.2) is 0 Å². The number of nitrogens with one attached hydrogen (secondary N) is 3. The van der Waals surface area contributed by atoms with Crippen molar-refractivity contribution >= 4 is 33.8 Å². The summed E-state index contributed by atoms with van der Waals surface area (Å²) in [4.78, 5) is 14.9. The zero-order chi connectivity index (χ0) is 13.4. The normalized spacial score (nSPS) is 17.4. The number of carbonyl (C=O) groups excluding carboxylic acids is 1. The van der Waals surface area contributed by atoms with E-state index in [1.54, 1.807) is 11.5 Å². The molecule has 6 heteroatoms. The van der Waals surface area contributed by atoms with Gasteiger partial charge in [-0.2, -0.15) is 0 Å². The molecule has 5 nitrogen and oxygen atoms in total. The molecule has 1 unspecified atom stereocenters. The summed E-state index contributed by atoms with van der Waals surface area (Å²) in [5.41, 5.74) is 5.76. The molecule has 1 amide bonds. The molecule has 0 spiro atoms. The first-order chi connectivity index (χ1) is 9.22. The van der Waals surface area contributed by atoms with E-state index in [1.165, 1.54) is 11.3 Å². The lowest BCUT2D eigenvalue weighted by molar-refractivity contribution is 0.0706. The first-order valence-corrected chi connectivity index (χ1v) is 6.48. The second-order valence-corrected chi connectivity index (χ2v) is 5.01. The number of aromatic nitrogens is 1. The maximum Gasteiger partial charge on any atom is 0.274 e. The topological polar surface area (TPSA) is 77.2 Å². The molecule has 1 aromatic carbocycles. The molecule has 20 heavy (non-hydrogen) atoms. The summed E-state index contributed by atoms with van der Waals surface area (Å²) in [6, 6.07) is 5.94. The first kappa shape index (κ1) is 15.0. The summed E-state index contributed by atoms with van der Waals surface area (Å²) in [5, 5.41) is 13.1. The fourth-order valence-corrected chi connectivity index (χ4v) is 2.87. The molecule has 0 bridgehead atoms. The van der Waals surface area contributed by atoms with Gasteiger partial charge in [0.25, 0.3) is 5.91 Å². The molecular weight excluding hydrogens is 322 g/mol. The molecule has 0 aliphatic heterocycles. The number of hydrogen-bond donors (Lipinski definition) is 4. The third-order valence-electron chi connectivity index (χ3n) is 3.96. The number of aromatic amines is 1. The van der Waals surface area contributed by atoms with Crippen LogP contribution in [0.4, 0.5) is 0 Å². The van der Waals surface area contributed by atoms with Gasteiger partial charge in [-0.1, -0.05) is 0 Å². The van der Waals surface area contributed by atoms with Crippen LogP contribution in [0.2, 0.25) is 0 Å². The average Bonchev–Trinajstić information content (AvgIpc) is 2.83. The maximum atomic E-state index is 11.5. The van der Waals surface area contributed by atoms with Crippen molar-refractivity contribution < 1.29 is 10.0 Å². The van der Waals surface area contributed by atoms with Gasteiger partial charge in [0.05, 0.1) is 0 Å². The van der Waals surface area contributed by atoms with E-state index >= 15 is 0 Å². The van der Waals surface area contributed by atoms with Gasteiger partial charge in [0.1, 0.15) is 0 Å². The molecule has 108 valence electrons. The minimum absolute atomic E-state index is 0. The van der Waals surface area contributed by atoms with E-state index in [9.17, 15) is 4.79 Å². The lowest BCUT2D eigenvalue weighted by Gasteiger charge is -2.21. The number of fused-ring (bicyclic) bond motifs is 3. The van der Waals surface area contributed by atoms with Crippen molar-refractivity contribution in [2.24, 2.45) is 0 Å². The molecule has 3 rings (SSSR count). The zero-order valence-corrected chi connectivity index (χ0v) is 12.9. The van der Waals surface area contributed by atoms with Crippen molar-refractivity contribution in [2.45, 2.75) is 25.3 Å². The van der Waals surface area contributed by atoms with Gasteiger partial charge in [-0.25, -0.2) is 5.48 Å².